The Kier molecular flexibility index (Phi) is 5.44. The summed E-state index contributed by atoms with van der Waals surface area (Å²) in [7, 11) is 0. The van der Waals surface area contributed by atoms with Crippen molar-refractivity contribution in [2.45, 2.75) is 0 Å². The van der Waals surface area contributed by atoms with Crippen LogP contribution in [0.4, 0.5) is 22.7 Å². The topological polar surface area (TPSA) is 115 Å². The molecule has 3 aromatic carbocycles. The van der Waals surface area contributed by atoms with Gasteiger partial charge in [0, 0.05) is 22.7 Å². The van der Waals surface area contributed by atoms with Crippen LogP contribution in [0.1, 0.15) is 20.7 Å². The molecule has 142 valence electrons. The van der Waals surface area contributed by atoms with Gasteiger partial charge in [0.25, 0.3) is 5.91 Å². The first-order chi connectivity index (χ1) is 13.3. The number of primary amides is 1. The molecule has 0 heterocycles. The van der Waals surface area contributed by atoms with Crippen LogP contribution >= 0.6 is 23.2 Å². The van der Waals surface area contributed by atoms with E-state index in [-0.39, 0.29) is 21.2 Å². The second kappa shape index (κ2) is 7.80. The Bertz CT molecular complexity index is 1010. The zero-order valence-corrected chi connectivity index (χ0v) is 16.0. The number of nitrogen functional groups attached to an aromatic ring is 2. The predicted molar refractivity (Wildman–Crippen MR) is 113 cm³/mol. The van der Waals surface area contributed by atoms with Gasteiger partial charge < -0.3 is 17.2 Å². The highest BCUT2D eigenvalue weighted by molar-refractivity contribution is 6.38. The van der Waals surface area contributed by atoms with E-state index in [1.165, 1.54) is 17.0 Å². The summed E-state index contributed by atoms with van der Waals surface area (Å²) in [6.07, 6.45) is 0. The van der Waals surface area contributed by atoms with E-state index in [0.29, 0.717) is 22.7 Å². The SMILES string of the molecule is NC(=O)c1cc(Cl)c(C(=O)N(c2ccc(N)cc2)c2ccc(N)cc2)cc1Cl. The Morgan fingerprint density at radius 1 is 0.714 bits per heavy atom. The monoisotopic (exact) mass is 414 g/mol. The minimum absolute atomic E-state index is 0.0368. The lowest BCUT2D eigenvalue weighted by atomic mass is 10.1. The van der Waals surface area contributed by atoms with Gasteiger partial charge in [0.2, 0.25) is 5.91 Å². The molecule has 0 aliphatic carbocycles. The number of rotatable bonds is 4. The van der Waals surface area contributed by atoms with Crippen LogP contribution in [0.3, 0.4) is 0 Å². The number of anilines is 4. The Hall–Kier alpha value is -3.22. The van der Waals surface area contributed by atoms with Crippen molar-refractivity contribution in [3.63, 3.8) is 0 Å². The molecule has 0 radical (unpaired) electrons. The molecule has 6 N–H and O–H groups in total. The van der Waals surface area contributed by atoms with Gasteiger partial charge in [0.05, 0.1) is 21.2 Å². The maximum absolute atomic E-state index is 13.4. The Labute approximate surface area is 171 Å². The third kappa shape index (κ3) is 3.88. The fourth-order valence-electron chi connectivity index (χ4n) is 2.65. The van der Waals surface area contributed by atoms with Gasteiger partial charge in [-0.25, -0.2) is 0 Å². The summed E-state index contributed by atoms with van der Waals surface area (Å²) in [6.45, 7) is 0. The largest absolute Gasteiger partial charge is 0.399 e. The minimum atomic E-state index is -0.736. The lowest BCUT2D eigenvalue weighted by Gasteiger charge is -2.24. The summed E-state index contributed by atoms with van der Waals surface area (Å²) in [5, 5.41) is 0.0916. The molecule has 0 saturated carbocycles. The molecule has 0 spiro atoms. The highest BCUT2D eigenvalue weighted by Gasteiger charge is 2.24. The summed E-state index contributed by atoms with van der Waals surface area (Å²) in [6, 6.07) is 16.1. The van der Waals surface area contributed by atoms with Gasteiger partial charge in [0.1, 0.15) is 0 Å². The van der Waals surface area contributed by atoms with Crippen molar-refractivity contribution >= 4 is 57.8 Å². The quantitative estimate of drug-likeness (QED) is 0.553. The average Bonchev–Trinajstić information content (AvgIpc) is 2.66. The van der Waals surface area contributed by atoms with Gasteiger partial charge in [-0.05, 0) is 60.7 Å². The van der Waals surface area contributed by atoms with Crippen molar-refractivity contribution in [2.75, 3.05) is 16.4 Å². The Balaban J connectivity index is 2.14. The van der Waals surface area contributed by atoms with E-state index in [2.05, 4.69) is 0 Å². The van der Waals surface area contributed by atoms with Crippen LogP contribution in [0.15, 0.2) is 60.7 Å². The Morgan fingerprint density at radius 3 is 1.54 bits per heavy atom. The molecule has 3 aromatic rings. The molecule has 3 rings (SSSR count). The van der Waals surface area contributed by atoms with E-state index < -0.39 is 11.8 Å². The van der Waals surface area contributed by atoms with Gasteiger partial charge >= 0.3 is 0 Å². The van der Waals surface area contributed by atoms with Crippen molar-refractivity contribution in [1.29, 1.82) is 0 Å². The molecular formula is C20H16Cl2N4O2. The standard InChI is InChI=1S/C20H16Cl2N4O2/c21-17-10-16(18(22)9-15(17)19(25)27)20(28)26(13-5-1-11(23)2-6-13)14-7-3-12(24)4-8-14/h1-10H,23-24H2,(H2,25,27). The molecule has 0 saturated heterocycles. The van der Waals surface area contributed by atoms with Crippen LogP contribution in [0.5, 0.6) is 0 Å². The number of amides is 2. The van der Waals surface area contributed by atoms with Gasteiger partial charge in [-0.15, -0.1) is 0 Å². The molecule has 28 heavy (non-hydrogen) atoms. The molecule has 0 aliphatic heterocycles. The lowest BCUT2D eigenvalue weighted by molar-refractivity contribution is 0.0988. The maximum atomic E-state index is 13.4. The molecule has 0 fully saturated rings. The number of hydrogen-bond donors (Lipinski definition) is 3. The van der Waals surface area contributed by atoms with Crippen LogP contribution in [-0.4, -0.2) is 11.8 Å². The normalized spacial score (nSPS) is 10.5. The summed E-state index contributed by atoms with van der Waals surface area (Å²) < 4.78 is 0. The van der Waals surface area contributed by atoms with Crippen molar-refractivity contribution in [2.24, 2.45) is 5.73 Å². The third-order valence-electron chi connectivity index (χ3n) is 4.06. The van der Waals surface area contributed by atoms with Crippen LogP contribution < -0.4 is 22.1 Å². The maximum Gasteiger partial charge on any atom is 0.264 e. The van der Waals surface area contributed by atoms with E-state index in [9.17, 15) is 9.59 Å². The van der Waals surface area contributed by atoms with Crippen molar-refractivity contribution in [3.05, 3.63) is 81.8 Å². The number of carbonyl (C=O) groups is 2. The number of nitrogens with two attached hydrogens (primary N) is 3. The molecule has 8 heteroatoms. The van der Waals surface area contributed by atoms with Gasteiger partial charge in [-0.2, -0.15) is 0 Å². The molecule has 2 amide bonds. The number of benzene rings is 3. The highest BCUT2D eigenvalue weighted by atomic mass is 35.5. The zero-order valence-electron chi connectivity index (χ0n) is 14.5. The lowest BCUT2D eigenvalue weighted by Crippen LogP contribution is -2.26. The third-order valence-corrected chi connectivity index (χ3v) is 4.68. The fourth-order valence-corrected chi connectivity index (χ4v) is 3.15. The highest BCUT2D eigenvalue weighted by Crippen LogP contribution is 2.32. The predicted octanol–water partition coefficient (Wildman–Crippen LogP) is 4.24. The molecule has 0 atom stereocenters. The summed E-state index contributed by atoms with van der Waals surface area (Å²) in [5.74, 6) is -1.18. The molecule has 0 unspecified atom stereocenters. The van der Waals surface area contributed by atoms with E-state index in [1.54, 1.807) is 48.5 Å². The fraction of sp³-hybridized carbons (Fsp3) is 0. The summed E-state index contributed by atoms with van der Waals surface area (Å²) in [4.78, 5) is 26.3. The zero-order chi connectivity index (χ0) is 20.4. The second-order valence-corrected chi connectivity index (χ2v) is 6.81. The molecular weight excluding hydrogens is 399 g/mol. The smallest absolute Gasteiger partial charge is 0.264 e. The number of carbonyl (C=O) groups excluding carboxylic acids is 2. The first-order valence-corrected chi connectivity index (χ1v) is 8.88. The van der Waals surface area contributed by atoms with Gasteiger partial charge in [-0.1, -0.05) is 23.2 Å². The van der Waals surface area contributed by atoms with Crippen LogP contribution in [0, 0.1) is 0 Å². The van der Waals surface area contributed by atoms with E-state index in [1.807, 2.05) is 0 Å². The van der Waals surface area contributed by atoms with Gasteiger partial charge in [0.15, 0.2) is 0 Å². The van der Waals surface area contributed by atoms with Crippen molar-refractivity contribution < 1.29 is 9.59 Å². The van der Waals surface area contributed by atoms with Gasteiger partial charge in [-0.3, -0.25) is 14.5 Å². The average molecular weight is 415 g/mol. The van der Waals surface area contributed by atoms with Crippen LogP contribution in [-0.2, 0) is 0 Å². The van der Waals surface area contributed by atoms with E-state index >= 15 is 0 Å². The second-order valence-electron chi connectivity index (χ2n) is 6.00. The van der Waals surface area contributed by atoms with Crippen molar-refractivity contribution in [1.82, 2.24) is 0 Å². The van der Waals surface area contributed by atoms with E-state index in [0.717, 1.165) is 0 Å². The molecule has 0 aliphatic rings. The summed E-state index contributed by atoms with van der Waals surface area (Å²) >= 11 is 12.4. The number of nitrogens with zero attached hydrogens (tertiary/aromatic N) is 1. The van der Waals surface area contributed by atoms with E-state index in [4.69, 9.17) is 40.4 Å². The molecule has 6 nitrogen and oxygen atoms in total. The first-order valence-electron chi connectivity index (χ1n) is 8.12. The number of halogens is 2. The molecule has 0 bridgehead atoms. The minimum Gasteiger partial charge on any atom is -0.399 e. The summed E-state index contributed by atoms with van der Waals surface area (Å²) in [5.41, 5.74) is 19.2. The number of hydrogen-bond acceptors (Lipinski definition) is 4. The van der Waals surface area contributed by atoms with Crippen LogP contribution in [0.25, 0.3) is 0 Å². The first kappa shape index (κ1) is 19.5. The molecule has 0 aromatic heterocycles. The van der Waals surface area contributed by atoms with Crippen LogP contribution in [0.2, 0.25) is 10.0 Å². The van der Waals surface area contributed by atoms with Crippen molar-refractivity contribution in [3.8, 4) is 0 Å². The Morgan fingerprint density at radius 2 is 1.11 bits per heavy atom.